The molecule has 1 atom stereocenters. The van der Waals surface area contributed by atoms with Crippen LogP contribution in [0.3, 0.4) is 0 Å². The molecule has 0 saturated carbocycles. The lowest BCUT2D eigenvalue weighted by Gasteiger charge is -2.19. The fourth-order valence-electron chi connectivity index (χ4n) is 4.21. The van der Waals surface area contributed by atoms with E-state index in [4.69, 9.17) is 4.74 Å². The highest BCUT2D eigenvalue weighted by Crippen LogP contribution is 2.44. The van der Waals surface area contributed by atoms with Gasteiger partial charge in [-0.3, -0.25) is 14.4 Å². The second-order valence-electron chi connectivity index (χ2n) is 8.25. The number of carboxylic acid groups (broad SMARTS) is 1. The van der Waals surface area contributed by atoms with Gasteiger partial charge in [-0.05, 0) is 41.3 Å². The van der Waals surface area contributed by atoms with Crippen LogP contribution in [-0.4, -0.2) is 41.5 Å². The maximum Gasteiger partial charge on any atom is 0.407 e. The first-order valence-corrected chi connectivity index (χ1v) is 11.1. The first kappa shape index (κ1) is 23.7. The summed E-state index contributed by atoms with van der Waals surface area (Å²) in [6, 6.07) is 20.6. The summed E-state index contributed by atoms with van der Waals surface area (Å²) < 4.78 is 5.44. The number of carbonyl (C=O) groups is 4. The molecule has 4 rings (SSSR count). The monoisotopic (exact) mass is 472 g/mol. The number of carbonyl (C=O) groups excluding carboxylic acids is 3. The number of amides is 2. The van der Waals surface area contributed by atoms with Gasteiger partial charge in [0.25, 0.3) is 0 Å². The topological polar surface area (TPSA) is 122 Å². The lowest BCUT2D eigenvalue weighted by molar-refractivity contribution is -0.139. The van der Waals surface area contributed by atoms with E-state index in [2.05, 4.69) is 10.6 Å². The minimum Gasteiger partial charge on any atom is -0.481 e. The molecule has 0 saturated heterocycles. The molecule has 1 aliphatic rings. The van der Waals surface area contributed by atoms with Crippen molar-refractivity contribution in [3.8, 4) is 11.1 Å². The van der Waals surface area contributed by atoms with E-state index in [0.29, 0.717) is 11.3 Å². The Hall–Kier alpha value is -4.46. The number of ether oxygens (including phenoxy) is 1. The van der Waals surface area contributed by atoms with E-state index >= 15 is 0 Å². The molecule has 8 heteroatoms. The third kappa shape index (κ3) is 5.38. The predicted molar refractivity (Wildman–Crippen MR) is 129 cm³/mol. The van der Waals surface area contributed by atoms with Crippen molar-refractivity contribution in [1.82, 2.24) is 5.32 Å². The molecular formula is C27H24N2O6. The van der Waals surface area contributed by atoms with Gasteiger partial charge in [0.2, 0.25) is 5.91 Å². The molecule has 178 valence electrons. The highest BCUT2D eigenvalue weighted by molar-refractivity contribution is 6.00. The van der Waals surface area contributed by atoms with Gasteiger partial charge >= 0.3 is 12.1 Å². The van der Waals surface area contributed by atoms with E-state index in [1.807, 2.05) is 48.5 Å². The Balaban J connectivity index is 1.43. The summed E-state index contributed by atoms with van der Waals surface area (Å²) in [5.74, 6) is -2.35. The first-order valence-electron chi connectivity index (χ1n) is 11.1. The van der Waals surface area contributed by atoms with Crippen LogP contribution in [0.1, 0.15) is 40.7 Å². The fourth-order valence-corrected chi connectivity index (χ4v) is 4.21. The number of Topliss-reactive ketones (excluding diaryl/α,β-unsaturated/α-hetero) is 1. The maximum atomic E-state index is 12.7. The number of carboxylic acids is 1. The van der Waals surface area contributed by atoms with Gasteiger partial charge in [0, 0.05) is 17.2 Å². The van der Waals surface area contributed by atoms with Crippen molar-refractivity contribution in [3.05, 3.63) is 89.5 Å². The molecule has 0 spiro atoms. The maximum absolute atomic E-state index is 12.7. The number of ketones is 1. The van der Waals surface area contributed by atoms with E-state index in [0.717, 1.165) is 22.3 Å². The smallest absolute Gasteiger partial charge is 0.407 e. The van der Waals surface area contributed by atoms with Gasteiger partial charge in [-0.15, -0.1) is 0 Å². The Bertz CT molecular complexity index is 1260. The molecule has 35 heavy (non-hydrogen) atoms. The Morgan fingerprint density at radius 2 is 1.54 bits per heavy atom. The van der Waals surface area contributed by atoms with Crippen molar-refractivity contribution in [3.63, 3.8) is 0 Å². The highest BCUT2D eigenvalue weighted by atomic mass is 16.5. The normalized spacial score (nSPS) is 12.7. The third-order valence-electron chi connectivity index (χ3n) is 5.87. The summed E-state index contributed by atoms with van der Waals surface area (Å²) in [4.78, 5) is 48.2. The second-order valence-corrected chi connectivity index (χ2v) is 8.25. The summed E-state index contributed by atoms with van der Waals surface area (Å²) in [5.41, 5.74) is 4.92. The molecule has 0 fully saturated rings. The summed E-state index contributed by atoms with van der Waals surface area (Å²) in [5, 5.41) is 14.1. The minimum absolute atomic E-state index is 0.0297. The quantitative estimate of drug-likeness (QED) is 0.422. The lowest BCUT2D eigenvalue weighted by atomic mass is 9.98. The van der Waals surface area contributed by atoms with Crippen LogP contribution in [-0.2, 0) is 14.3 Å². The van der Waals surface area contributed by atoms with E-state index in [-0.39, 0.29) is 18.3 Å². The van der Waals surface area contributed by atoms with Crippen molar-refractivity contribution < 1.29 is 29.0 Å². The van der Waals surface area contributed by atoms with Crippen LogP contribution >= 0.6 is 0 Å². The number of benzene rings is 3. The van der Waals surface area contributed by atoms with Crippen molar-refractivity contribution in [2.24, 2.45) is 0 Å². The Morgan fingerprint density at radius 3 is 2.14 bits per heavy atom. The van der Waals surface area contributed by atoms with Crippen LogP contribution in [0.25, 0.3) is 11.1 Å². The number of anilines is 1. The average molecular weight is 472 g/mol. The van der Waals surface area contributed by atoms with Crippen LogP contribution in [0.4, 0.5) is 10.5 Å². The zero-order valence-electron chi connectivity index (χ0n) is 19.0. The number of hydrogen-bond donors (Lipinski definition) is 3. The van der Waals surface area contributed by atoms with Gasteiger partial charge < -0.3 is 20.5 Å². The van der Waals surface area contributed by atoms with Crippen molar-refractivity contribution in [1.29, 1.82) is 0 Å². The number of hydrogen-bond acceptors (Lipinski definition) is 5. The SMILES string of the molecule is CC(=O)c1cccc(NC(=O)C(CC(=O)O)NC(=O)OCC2c3ccccc3-c3ccccc32)c1. The van der Waals surface area contributed by atoms with Crippen LogP contribution < -0.4 is 10.6 Å². The molecule has 0 bridgehead atoms. The predicted octanol–water partition coefficient (Wildman–Crippen LogP) is 4.21. The zero-order valence-corrected chi connectivity index (χ0v) is 19.0. The Labute approximate surface area is 201 Å². The van der Waals surface area contributed by atoms with Crippen molar-refractivity contribution >= 4 is 29.4 Å². The van der Waals surface area contributed by atoms with E-state index in [1.54, 1.807) is 18.2 Å². The molecule has 0 aromatic heterocycles. The van der Waals surface area contributed by atoms with Gasteiger partial charge in [-0.25, -0.2) is 4.79 Å². The van der Waals surface area contributed by atoms with Crippen molar-refractivity contribution in [2.75, 3.05) is 11.9 Å². The van der Waals surface area contributed by atoms with Crippen LogP contribution in [0.2, 0.25) is 0 Å². The molecule has 3 N–H and O–H groups in total. The third-order valence-corrected chi connectivity index (χ3v) is 5.87. The summed E-state index contributed by atoms with van der Waals surface area (Å²) in [6.07, 6.45) is -1.53. The Morgan fingerprint density at radius 1 is 0.914 bits per heavy atom. The highest BCUT2D eigenvalue weighted by Gasteiger charge is 2.30. The number of nitrogens with one attached hydrogen (secondary N) is 2. The molecule has 1 aliphatic carbocycles. The van der Waals surface area contributed by atoms with Gasteiger partial charge in [0.05, 0.1) is 6.42 Å². The average Bonchev–Trinajstić information content (AvgIpc) is 3.16. The van der Waals surface area contributed by atoms with Gasteiger partial charge in [0.1, 0.15) is 12.6 Å². The minimum atomic E-state index is -1.37. The van der Waals surface area contributed by atoms with Gasteiger partial charge in [-0.2, -0.15) is 0 Å². The van der Waals surface area contributed by atoms with Gasteiger partial charge in [0.15, 0.2) is 5.78 Å². The first-order chi connectivity index (χ1) is 16.8. The van der Waals surface area contributed by atoms with Gasteiger partial charge in [-0.1, -0.05) is 60.7 Å². The number of fused-ring (bicyclic) bond motifs is 3. The second kappa shape index (κ2) is 10.2. The molecule has 3 aromatic carbocycles. The van der Waals surface area contributed by atoms with E-state index < -0.39 is 30.4 Å². The molecule has 0 heterocycles. The standard InChI is InChI=1S/C27H24N2O6/c1-16(30)17-7-6-8-18(13-17)28-26(33)24(14-25(31)32)29-27(34)35-15-23-21-11-4-2-9-19(21)20-10-3-5-12-22(20)23/h2-13,23-24H,14-15H2,1H3,(H,28,33)(H,29,34)(H,31,32). The molecule has 3 aromatic rings. The van der Waals surface area contributed by atoms with Crippen LogP contribution in [0.15, 0.2) is 72.8 Å². The zero-order chi connectivity index (χ0) is 24.9. The fraction of sp³-hybridized carbons (Fsp3) is 0.185. The van der Waals surface area contributed by atoms with Crippen molar-refractivity contribution in [2.45, 2.75) is 25.3 Å². The largest absolute Gasteiger partial charge is 0.481 e. The Kier molecular flexibility index (Phi) is 6.91. The molecule has 8 nitrogen and oxygen atoms in total. The molecule has 0 radical (unpaired) electrons. The lowest BCUT2D eigenvalue weighted by Crippen LogP contribution is -2.45. The summed E-state index contributed by atoms with van der Waals surface area (Å²) >= 11 is 0. The summed E-state index contributed by atoms with van der Waals surface area (Å²) in [7, 11) is 0. The van der Waals surface area contributed by atoms with Crippen LogP contribution in [0.5, 0.6) is 0 Å². The molecule has 0 aliphatic heterocycles. The number of aliphatic carboxylic acids is 1. The molecular weight excluding hydrogens is 448 g/mol. The van der Waals surface area contributed by atoms with Crippen LogP contribution in [0, 0.1) is 0 Å². The van der Waals surface area contributed by atoms with E-state index in [9.17, 15) is 24.3 Å². The summed E-state index contributed by atoms with van der Waals surface area (Å²) in [6.45, 7) is 1.43. The number of rotatable bonds is 8. The molecule has 1 unspecified atom stereocenters. The molecule has 2 amide bonds. The number of alkyl carbamates (subject to hydrolysis) is 1. The van der Waals surface area contributed by atoms with E-state index in [1.165, 1.54) is 13.0 Å².